The first-order chi connectivity index (χ1) is 15.1. The van der Waals surface area contributed by atoms with Crippen LogP contribution in [0.3, 0.4) is 0 Å². The molecule has 0 spiro atoms. The molecular weight excluding hydrogens is 421 g/mol. The lowest BCUT2D eigenvalue weighted by molar-refractivity contribution is -0.137. The summed E-state index contributed by atoms with van der Waals surface area (Å²) in [6.45, 7) is 6.53. The maximum absolute atomic E-state index is 13.1. The predicted molar refractivity (Wildman–Crippen MR) is 116 cm³/mol. The number of hydrogen-bond donors (Lipinski definition) is 1. The highest BCUT2D eigenvalue weighted by atomic mass is 19.4. The molecule has 1 heterocycles. The van der Waals surface area contributed by atoms with E-state index in [9.17, 15) is 22.8 Å². The summed E-state index contributed by atoms with van der Waals surface area (Å²) < 4.78 is 44.8. The molecule has 1 aliphatic rings. The van der Waals surface area contributed by atoms with Crippen LogP contribution in [0.2, 0.25) is 0 Å². The fourth-order valence-electron chi connectivity index (χ4n) is 3.98. The van der Waals surface area contributed by atoms with Crippen LogP contribution in [-0.2, 0) is 11.0 Å². The number of anilines is 1. The fourth-order valence-corrected chi connectivity index (χ4v) is 3.98. The number of carbonyl (C=O) groups is 2. The van der Waals surface area contributed by atoms with E-state index < -0.39 is 23.6 Å². The zero-order valence-electron chi connectivity index (χ0n) is 18.4. The molecular formula is C24H27F3N2O3. The molecule has 172 valence electrons. The van der Waals surface area contributed by atoms with Gasteiger partial charge in [0, 0.05) is 18.7 Å². The summed E-state index contributed by atoms with van der Waals surface area (Å²) in [6, 6.07) is 8.62. The van der Waals surface area contributed by atoms with Gasteiger partial charge in [-0.2, -0.15) is 13.2 Å². The number of carbonyl (C=O) groups excluding carboxylic acids is 2. The number of alkyl halides is 3. The fraction of sp³-hybridized carbons (Fsp3) is 0.417. The number of benzene rings is 2. The van der Waals surface area contributed by atoms with Gasteiger partial charge in [-0.3, -0.25) is 9.59 Å². The lowest BCUT2D eigenvalue weighted by Gasteiger charge is -2.32. The van der Waals surface area contributed by atoms with Gasteiger partial charge in [-0.15, -0.1) is 0 Å². The van der Waals surface area contributed by atoms with E-state index in [1.54, 1.807) is 11.8 Å². The minimum absolute atomic E-state index is 0.0237. The Morgan fingerprint density at radius 3 is 2.44 bits per heavy atom. The number of amides is 2. The first-order valence-electron chi connectivity index (χ1n) is 10.6. The van der Waals surface area contributed by atoms with Gasteiger partial charge in [-0.1, -0.05) is 17.2 Å². The number of piperidine rings is 1. The molecule has 3 rings (SSSR count). The average Bonchev–Trinajstić information content (AvgIpc) is 2.73. The van der Waals surface area contributed by atoms with Gasteiger partial charge in [-0.05, 0) is 63.9 Å². The Kier molecular flexibility index (Phi) is 7.11. The van der Waals surface area contributed by atoms with Crippen LogP contribution in [0.15, 0.2) is 36.4 Å². The van der Waals surface area contributed by atoms with Crippen LogP contribution < -0.4 is 10.1 Å². The van der Waals surface area contributed by atoms with Crippen molar-refractivity contribution in [3.8, 4) is 5.75 Å². The molecule has 1 aliphatic heterocycles. The number of nitrogens with zero attached hydrogens (tertiary/aromatic N) is 1. The van der Waals surface area contributed by atoms with Gasteiger partial charge in [0.1, 0.15) is 5.75 Å². The molecule has 0 bridgehead atoms. The third kappa shape index (κ3) is 5.60. The summed E-state index contributed by atoms with van der Waals surface area (Å²) in [5.74, 6) is -0.929. The highest BCUT2D eigenvalue weighted by Gasteiger charge is 2.33. The number of aryl methyl sites for hydroxylation is 2. The van der Waals surface area contributed by atoms with Crippen molar-refractivity contribution in [1.82, 2.24) is 4.90 Å². The van der Waals surface area contributed by atoms with Gasteiger partial charge >= 0.3 is 6.18 Å². The molecule has 1 atom stereocenters. The molecule has 0 aromatic heterocycles. The molecule has 32 heavy (non-hydrogen) atoms. The summed E-state index contributed by atoms with van der Waals surface area (Å²) >= 11 is 0. The maximum atomic E-state index is 13.1. The third-order valence-electron chi connectivity index (χ3n) is 5.41. The topological polar surface area (TPSA) is 58.6 Å². The summed E-state index contributed by atoms with van der Waals surface area (Å²) in [6.07, 6.45) is -3.36. The first kappa shape index (κ1) is 23.6. The molecule has 0 aliphatic carbocycles. The first-order valence-corrected chi connectivity index (χ1v) is 10.6. The Labute approximate surface area is 185 Å². The van der Waals surface area contributed by atoms with Crippen molar-refractivity contribution in [3.63, 3.8) is 0 Å². The van der Waals surface area contributed by atoms with Crippen LogP contribution in [0.1, 0.15) is 46.8 Å². The lowest BCUT2D eigenvalue weighted by Crippen LogP contribution is -2.43. The molecule has 0 saturated carbocycles. The van der Waals surface area contributed by atoms with E-state index in [2.05, 4.69) is 5.32 Å². The number of rotatable bonds is 5. The van der Waals surface area contributed by atoms with Gasteiger partial charge < -0.3 is 15.0 Å². The zero-order chi connectivity index (χ0) is 23.5. The predicted octanol–water partition coefficient (Wildman–Crippen LogP) is 5.21. The van der Waals surface area contributed by atoms with Gasteiger partial charge in [0.15, 0.2) is 0 Å². The van der Waals surface area contributed by atoms with Crippen molar-refractivity contribution < 1.29 is 27.5 Å². The summed E-state index contributed by atoms with van der Waals surface area (Å²) in [5.41, 5.74) is 1.64. The number of hydrogen-bond acceptors (Lipinski definition) is 3. The molecule has 1 N–H and O–H groups in total. The van der Waals surface area contributed by atoms with E-state index in [0.29, 0.717) is 24.9 Å². The van der Waals surface area contributed by atoms with Gasteiger partial charge in [0.25, 0.3) is 5.91 Å². The van der Waals surface area contributed by atoms with E-state index in [-0.39, 0.29) is 30.5 Å². The Hall–Kier alpha value is -3.03. The van der Waals surface area contributed by atoms with E-state index >= 15 is 0 Å². The van der Waals surface area contributed by atoms with Gasteiger partial charge in [-0.25, -0.2) is 0 Å². The molecule has 1 saturated heterocycles. The van der Waals surface area contributed by atoms with E-state index in [0.717, 1.165) is 23.3 Å². The Morgan fingerprint density at radius 1 is 1.12 bits per heavy atom. The van der Waals surface area contributed by atoms with Crippen molar-refractivity contribution in [2.75, 3.05) is 25.0 Å². The quantitative estimate of drug-likeness (QED) is 0.683. The molecule has 2 amide bonds. The number of halogens is 3. The molecule has 2 aromatic carbocycles. The molecule has 8 heteroatoms. The highest BCUT2D eigenvalue weighted by molar-refractivity contribution is 5.97. The van der Waals surface area contributed by atoms with Crippen LogP contribution in [0.4, 0.5) is 18.9 Å². The molecule has 0 radical (unpaired) electrons. The summed E-state index contributed by atoms with van der Waals surface area (Å²) in [5, 5.41) is 2.59. The largest absolute Gasteiger partial charge is 0.492 e. The molecule has 1 unspecified atom stereocenters. The van der Waals surface area contributed by atoms with Crippen molar-refractivity contribution in [2.45, 2.75) is 39.8 Å². The number of ether oxygens (including phenoxy) is 1. The standard InChI is InChI=1S/C24H27F3N2O3/c1-4-32-21-8-7-19(24(25,26)27)13-20(21)28-22(30)17-6-5-9-29(14-17)23(31)18-11-15(2)10-16(3)12-18/h7-8,10-13,17H,4-6,9,14H2,1-3H3,(H,28,30). The van der Waals surface area contributed by atoms with E-state index in [1.807, 2.05) is 32.0 Å². The number of likely N-dealkylation sites (tertiary alicyclic amines) is 1. The van der Waals surface area contributed by atoms with Crippen LogP contribution >= 0.6 is 0 Å². The normalized spacial score (nSPS) is 16.6. The molecule has 5 nitrogen and oxygen atoms in total. The smallest absolute Gasteiger partial charge is 0.416 e. The monoisotopic (exact) mass is 448 g/mol. The second-order valence-corrected chi connectivity index (χ2v) is 8.10. The Bertz CT molecular complexity index is 984. The maximum Gasteiger partial charge on any atom is 0.416 e. The van der Waals surface area contributed by atoms with Crippen LogP contribution in [0.5, 0.6) is 5.75 Å². The second kappa shape index (κ2) is 9.63. The van der Waals surface area contributed by atoms with E-state index in [4.69, 9.17) is 4.74 Å². The third-order valence-corrected chi connectivity index (χ3v) is 5.41. The Balaban J connectivity index is 1.76. The molecule has 2 aromatic rings. The van der Waals surface area contributed by atoms with Crippen LogP contribution in [0, 0.1) is 19.8 Å². The zero-order valence-corrected chi connectivity index (χ0v) is 18.4. The Morgan fingerprint density at radius 2 is 1.81 bits per heavy atom. The van der Waals surface area contributed by atoms with Crippen LogP contribution in [-0.4, -0.2) is 36.4 Å². The van der Waals surface area contributed by atoms with E-state index in [1.165, 1.54) is 6.07 Å². The number of nitrogens with one attached hydrogen (secondary N) is 1. The van der Waals surface area contributed by atoms with Gasteiger partial charge in [0.05, 0.1) is 23.8 Å². The second-order valence-electron chi connectivity index (χ2n) is 8.10. The molecule has 1 fully saturated rings. The van der Waals surface area contributed by atoms with Gasteiger partial charge in [0.2, 0.25) is 5.91 Å². The minimum Gasteiger partial charge on any atom is -0.492 e. The minimum atomic E-state index is -4.54. The SMILES string of the molecule is CCOc1ccc(C(F)(F)F)cc1NC(=O)C1CCCN(C(=O)c2cc(C)cc(C)c2)C1. The van der Waals surface area contributed by atoms with Crippen LogP contribution in [0.25, 0.3) is 0 Å². The highest BCUT2D eigenvalue weighted by Crippen LogP contribution is 2.35. The van der Waals surface area contributed by atoms with Crippen molar-refractivity contribution >= 4 is 17.5 Å². The summed E-state index contributed by atoms with van der Waals surface area (Å²) in [4.78, 5) is 27.5. The average molecular weight is 448 g/mol. The van der Waals surface area contributed by atoms with Crippen molar-refractivity contribution in [1.29, 1.82) is 0 Å². The lowest BCUT2D eigenvalue weighted by atomic mass is 9.96. The summed E-state index contributed by atoms with van der Waals surface area (Å²) in [7, 11) is 0. The van der Waals surface area contributed by atoms with Crippen molar-refractivity contribution in [3.05, 3.63) is 58.7 Å². The van der Waals surface area contributed by atoms with Crippen molar-refractivity contribution in [2.24, 2.45) is 5.92 Å².